The molecule has 0 spiro atoms. The molecule has 0 fully saturated rings. The second-order valence-corrected chi connectivity index (χ2v) is 4.62. The Kier molecular flexibility index (Phi) is 1.72. The standard InChI is InChI=1S/C13H16O/c1-8-10-4-2-3-9(10)7-12-11(8)5-6-13(12)14/h7,13-14H,2-6H2,1H3/t13-/m0/s1. The van der Waals surface area contributed by atoms with Gasteiger partial charge < -0.3 is 5.11 Å². The van der Waals surface area contributed by atoms with E-state index in [0.29, 0.717) is 0 Å². The minimum atomic E-state index is -0.186. The van der Waals surface area contributed by atoms with Gasteiger partial charge in [0.1, 0.15) is 0 Å². The Morgan fingerprint density at radius 1 is 1.21 bits per heavy atom. The smallest absolute Gasteiger partial charge is 0.0796 e. The highest BCUT2D eigenvalue weighted by molar-refractivity contribution is 5.50. The molecule has 0 unspecified atom stereocenters. The zero-order valence-corrected chi connectivity index (χ0v) is 8.64. The summed E-state index contributed by atoms with van der Waals surface area (Å²) in [5.74, 6) is 0. The van der Waals surface area contributed by atoms with Crippen LogP contribution < -0.4 is 0 Å². The van der Waals surface area contributed by atoms with Crippen molar-refractivity contribution in [2.75, 3.05) is 0 Å². The molecule has 1 aromatic rings. The first kappa shape index (κ1) is 8.49. The molecular weight excluding hydrogens is 172 g/mol. The fraction of sp³-hybridized carbons (Fsp3) is 0.538. The predicted molar refractivity (Wildman–Crippen MR) is 56.5 cm³/mol. The highest BCUT2D eigenvalue weighted by atomic mass is 16.3. The van der Waals surface area contributed by atoms with Gasteiger partial charge in [-0.15, -0.1) is 0 Å². The third-order valence-electron chi connectivity index (χ3n) is 3.87. The van der Waals surface area contributed by atoms with Gasteiger partial charge in [-0.3, -0.25) is 0 Å². The summed E-state index contributed by atoms with van der Waals surface area (Å²) >= 11 is 0. The molecule has 0 saturated carbocycles. The van der Waals surface area contributed by atoms with E-state index in [4.69, 9.17) is 0 Å². The molecule has 0 radical (unpaired) electrons. The molecule has 1 heteroatoms. The normalized spacial score (nSPS) is 23.7. The number of aliphatic hydroxyl groups is 1. The van der Waals surface area contributed by atoms with Crippen LogP contribution >= 0.6 is 0 Å². The molecule has 0 aliphatic heterocycles. The van der Waals surface area contributed by atoms with Crippen molar-refractivity contribution < 1.29 is 5.11 Å². The fourth-order valence-corrected chi connectivity index (χ4v) is 3.09. The summed E-state index contributed by atoms with van der Waals surface area (Å²) in [6, 6.07) is 2.27. The molecule has 2 aliphatic rings. The van der Waals surface area contributed by atoms with E-state index in [1.54, 1.807) is 5.56 Å². The molecule has 0 heterocycles. The fourth-order valence-electron chi connectivity index (χ4n) is 3.09. The van der Waals surface area contributed by atoms with Crippen molar-refractivity contribution >= 4 is 0 Å². The van der Waals surface area contributed by atoms with Crippen LogP contribution in [0.3, 0.4) is 0 Å². The lowest BCUT2D eigenvalue weighted by Crippen LogP contribution is -1.97. The van der Waals surface area contributed by atoms with E-state index in [1.807, 2.05) is 0 Å². The first-order valence-electron chi connectivity index (χ1n) is 5.59. The summed E-state index contributed by atoms with van der Waals surface area (Å²) in [4.78, 5) is 0. The lowest BCUT2D eigenvalue weighted by Gasteiger charge is -2.12. The van der Waals surface area contributed by atoms with Crippen molar-refractivity contribution in [3.8, 4) is 0 Å². The number of hydrogen-bond donors (Lipinski definition) is 1. The lowest BCUT2D eigenvalue weighted by atomic mass is 9.95. The Morgan fingerprint density at radius 3 is 2.93 bits per heavy atom. The van der Waals surface area contributed by atoms with Crippen molar-refractivity contribution in [1.82, 2.24) is 0 Å². The zero-order valence-electron chi connectivity index (χ0n) is 8.64. The molecule has 1 atom stereocenters. The molecular formula is C13H16O. The predicted octanol–water partition coefficient (Wildman–Crippen LogP) is 2.46. The number of aryl methyl sites for hydroxylation is 1. The van der Waals surface area contributed by atoms with Crippen molar-refractivity contribution in [1.29, 1.82) is 0 Å². The largest absolute Gasteiger partial charge is 0.388 e. The number of fused-ring (bicyclic) bond motifs is 2. The zero-order chi connectivity index (χ0) is 9.71. The third kappa shape index (κ3) is 0.992. The Hall–Kier alpha value is -0.820. The van der Waals surface area contributed by atoms with Crippen LogP contribution in [0.15, 0.2) is 6.07 Å². The molecule has 3 rings (SSSR count). The topological polar surface area (TPSA) is 20.2 Å². The quantitative estimate of drug-likeness (QED) is 0.663. The van der Waals surface area contributed by atoms with Crippen LogP contribution in [0.25, 0.3) is 0 Å². The van der Waals surface area contributed by atoms with Crippen LogP contribution in [0.1, 0.15) is 46.8 Å². The Labute approximate surface area is 84.8 Å². The molecule has 1 nitrogen and oxygen atoms in total. The van der Waals surface area contributed by atoms with Crippen LogP contribution in [0.4, 0.5) is 0 Å². The van der Waals surface area contributed by atoms with Crippen molar-refractivity contribution in [3.63, 3.8) is 0 Å². The minimum absolute atomic E-state index is 0.186. The Bertz CT molecular complexity index is 393. The van der Waals surface area contributed by atoms with Gasteiger partial charge >= 0.3 is 0 Å². The van der Waals surface area contributed by atoms with Gasteiger partial charge in [0.2, 0.25) is 0 Å². The highest BCUT2D eigenvalue weighted by Crippen LogP contribution is 2.38. The van der Waals surface area contributed by atoms with Crippen LogP contribution in [0, 0.1) is 6.92 Å². The van der Waals surface area contributed by atoms with Gasteiger partial charge in [-0.2, -0.15) is 0 Å². The van der Waals surface area contributed by atoms with E-state index < -0.39 is 0 Å². The van der Waals surface area contributed by atoms with E-state index in [-0.39, 0.29) is 6.10 Å². The lowest BCUT2D eigenvalue weighted by molar-refractivity contribution is 0.180. The summed E-state index contributed by atoms with van der Waals surface area (Å²) in [6.45, 7) is 2.24. The first-order valence-corrected chi connectivity index (χ1v) is 5.59. The number of benzene rings is 1. The van der Waals surface area contributed by atoms with Crippen LogP contribution in [-0.2, 0) is 19.3 Å². The Morgan fingerprint density at radius 2 is 2.07 bits per heavy atom. The average molecular weight is 188 g/mol. The van der Waals surface area contributed by atoms with Crippen molar-refractivity contribution in [2.24, 2.45) is 0 Å². The maximum absolute atomic E-state index is 9.84. The summed E-state index contributed by atoms with van der Waals surface area (Å²) in [5.41, 5.74) is 7.23. The van der Waals surface area contributed by atoms with E-state index in [0.717, 1.165) is 12.8 Å². The molecule has 1 N–H and O–H groups in total. The molecule has 0 saturated heterocycles. The molecule has 1 aromatic carbocycles. The first-order chi connectivity index (χ1) is 6.77. The van der Waals surface area contributed by atoms with Crippen LogP contribution in [-0.4, -0.2) is 5.11 Å². The second kappa shape index (κ2) is 2.83. The summed E-state index contributed by atoms with van der Waals surface area (Å²) in [5, 5.41) is 9.84. The van der Waals surface area contributed by atoms with Gasteiger partial charge in [0, 0.05) is 0 Å². The second-order valence-electron chi connectivity index (χ2n) is 4.62. The molecule has 14 heavy (non-hydrogen) atoms. The summed E-state index contributed by atoms with van der Waals surface area (Å²) in [6.07, 6.45) is 5.60. The monoisotopic (exact) mass is 188 g/mol. The van der Waals surface area contributed by atoms with Gasteiger partial charge in [0.25, 0.3) is 0 Å². The molecule has 0 amide bonds. The van der Waals surface area contributed by atoms with E-state index >= 15 is 0 Å². The number of aliphatic hydroxyl groups excluding tert-OH is 1. The molecule has 74 valence electrons. The molecule has 0 aromatic heterocycles. The van der Waals surface area contributed by atoms with E-state index in [9.17, 15) is 5.11 Å². The van der Waals surface area contributed by atoms with Gasteiger partial charge in [-0.1, -0.05) is 6.07 Å². The third-order valence-corrected chi connectivity index (χ3v) is 3.87. The van der Waals surface area contributed by atoms with Gasteiger partial charge in [-0.05, 0) is 66.8 Å². The van der Waals surface area contributed by atoms with Gasteiger partial charge in [0.05, 0.1) is 6.10 Å². The van der Waals surface area contributed by atoms with Crippen LogP contribution in [0.5, 0.6) is 0 Å². The number of hydrogen-bond acceptors (Lipinski definition) is 1. The number of rotatable bonds is 0. The maximum Gasteiger partial charge on any atom is 0.0796 e. The van der Waals surface area contributed by atoms with Gasteiger partial charge in [0.15, 0.2) is 0 Å². The Balaban J connectivity index is 2.24. The summed E-state index contributed by atoms with van der Waals surface area (Å²) < 4.78 is 0. The molecule has 0 bridgehead atoms. The van der Waals surface area contributed by atoms with Gasteiger partial charge in [-0.25, -0.2) is 0 Å². The van der Waals surface area contributed by atoms with Crippen LogP contribution in [0.2, 0.25) is 0 Å². The highest BCUT2D eigenvalue weighted by Gasteiger charge is 2.26. The van der Waals surface area contributed by atoms with Crippen molar-refractivity contribution in [2.45, 2.75) is 45.1 Å². The average Bonchev–Trinajstić information content (AvgIpc) is 2.75. The van der Waals surface area contributed by atoms with E-state index in [2.05, 4.69) is 13.0 Å². The van der Waals surface area contributed by atoms with Crippen molar-refractivity contribution in [3.05, 3.63) is 33.9 Å². The maximum atomic E-state index is 9.84. The summed E-state index contributed by atoms with van der Waals surface area (Å²) in [7, 11) is 0. The minimum Gasteiger partial charge on any atom is -0.388 e. The SMILES string of the molecule is Cc1c2c(cc3c1CC[C@@H]3O)CCC2. The molecule has 2 aliphatic carbocycles. The van der Waals surface area contributed by atoms with E-state index in [1.165, 1.54) is 41.5 Å².